The summed E-state index contributed by atoms with van der Waals surface area (Å²) in [7, 11) is 0. The summed E-state index contributed by atoms with van der Waals surface area (Å²) in [6, 6.07) is 9.52. The van der Waals surface area contributed by atoms with Gasteiger partial charge in [0.25, 0.3) is 5.91 Å². The fourth-order valence-electron chi connectivity index (χ4n) is 2.46. The highest BCUT2D eigenvalue weighted by Crippen LogP contribution is 2.40. The quantitative estimate of drug-likeness (QED) is 0.855. The molecule has 3 rings (SSSR count). The summed E-state index contributed by atoms with van der Waals surface area (Å²) in [5.41, 5.74) is -1.08. The van der Waals surface area contributed by atoms with Crippen LogP contribution in [-0.2, 0) is 10.4 Å². The molecule has 0 saturated heterocycles. The molecule has 0 aromatic heterocycles. The Kier molecular flexibility index (Phi) is 3.47. The Morgan fingerprint density at radius 2 is 1.91 bits per heavy atom. The highest BCUT2D eigenvalue weighted by Gasteiger charge is 2.46. The Bertz CT molecular complexity index is 775. The molecule has 2 aromatic rings. The lowest BCUT2D eigenvalue weighted by Crippen LogP contribution is -2.36. The van der Waals surface area contributed by atoms with Gasteiger partial charge in [-0.05, 0) is 42.5 Å². The van der Waals surface area contributed by atoms with Crippen molar-refractivity contribution in [1.82, 2.24) is 0 Å². The fraction of sp³-hybridized carbons (Fsp3) is 0.125. The third-order valence-electron chi connectivity index (χ3n) is 3.63. The molecule has 1 amide bonds. The topological polar surface area (TPSA) is 66.4 Å². The van der Waals surface area contributed by atoms with E-state index in [4.69, 9.17) is 11.6 Å². The van der Waals surface area contributed by atoms with Crippen LogP contribution >= 0.6 is 11.6 Å². The second-order valence-electron chi connectivity index (χ2n) is 5.11. The first-order chi connectivity index (χ1) is 10.4. The molecule has 0 saturated carbocycles. The van der Waals surface area contributed by atoms with E-state index in [1.807, 2.05) is 0 Å². The fourth-order valence-corrected chi connectivity index (χ4v) is 2.63. The van der Waals surface area contributed by atoms with Crippen LogP contribution in [-0.4, -0.2) is 16.8 Å². The highest BCUT2D eigenvalue weighted by atomic mass is 35.5. The van der Waals surface area contributed by atoms with Gasteiger partial charge in [0.2, 0.25) is 0 Å². The molecule has 2 aromatic carbocycles. The highest BCUT2D eigenvalue weighted by molar-refractivity contribution is 6.31. The minimum Gasteiger partial charge on any atom is -0.375 e. The zero-order valence-electron chi connectivity index (χ0n) is 11.3. The molecule has 0 radical (unpaired) electrons. The van der Waals surface area contributed by atoms with Crippen LogP contribution in [0.1, 0.15) is 22.3 Å². The van der Waals surface area contributed by atoms with Crippen molar-refractivity contribution in [3.8, 4) is 0 Å². The number of ketones is 1. The SMILES string of the molecule is O=C(C[C@@]1(O)C(=O)Nc2ccc(Cl)cc21)c1ccc(F)cc1. The van der Waals surface area contributed by atoms with Crippen molar-refractivity contribution >= 4 is 29.0 Å². The van der Waals surface area contributed by atoms with Crippen LogP contribution in [0.25, 0.3) is 0 Å². The van der Waals surface area contributed by atoms with Gasteiger partial charge in [-0.2, -0.15) is 0 Å². The van der Waals surface area contributed by atoms with Crippen LogP contribution in [0.15, 0.2) is 42.5 Å². The lowest BCUT2D eigenvalue weighted by Gasteiger charge is -2.20. The van der Waals surface area contributed by atoms with E-state index in [9.17, 15) is 19.1 Å². The van der Waals surface area contributed by atoms with Gasteiger partial charge in [0.05, 0.1) is 6.42 Å². The van der Waals surface area contributed by atoms with E-state index in [0.29, 0.717) is 10.7 Å². The summed E-state index contributed by atoms with van der Waals surface area (Å²) in [6.07, 6.45) is -0.447. The number of amides is 1. The molecule has 0 bridgehead atoms. The summed E-state index contributed by atoms with van der Waals surface area (Å²) in [6.45, 7) is 0. The van der Waals surface area contributed by atoms with Gasteiger partial charge in [0.1, 0.15) is 5.82 Å². The molecule has 2 N–H and O–H groups in total. The summed E-state index contributed by atoms with van der Waals surface area (Å²) in [5.74, 6) is -1.61. The third kappa shape index (κ3) is 2.38. The molecule has 4 nitrogen and oxygen atoms in total. The predicted octanol–water partition coefficient (Wildman–Crippen LogP) is 2.89. The number of nitrogens with one attached hydrogen (secondary N) is 1. The molecular weight excluding hydrogens is 309 g/mol. The van der Waals surface area contributed by atoms with Crippen molar-refractivity contribution in [2.75, 3.05) is 5.32 Å². The number of halogens is 2. The van der Waals surface area contributed by atoms with E-state index in [2.05, 4.69) is 5.32 Å². The summed E-state index contributed by atoms with van der Waals surface area (Å²) >= 11 is 5.89. The third-order valence-corrected chi connectivity index (χ3v) is 3.87. The first-order valence-corrected chi connectivity index (χ1v) is 6.90. The Hall–Kier alpha value is -2.24. The molecule has 112 valence electrons. The molecule has 6 heteroatoms. The number of carbonyl (C=O) groups is 2. The molecule has 1 aliphatic heterocycles. The minimum absolute atomic E-state index is 0.220. The maximum Gasteiger partial charge on any atom is 0.261 e. The zero-order valence-corrected chi connectivity index (χ0v) is 12.0. The number of rotatable bonds is 3. The molecule has 0 fully saturated rings. The number of hydrogen-bond acceptors (Lipinski definition) is 3. The van der Waals surface area contributed by atoms with Crippen molar-refractivity contribution in [3.05, 3.63) is 64.4 Å². The molecule has 1 atom stereocenters. The zero-order chi connectivity index (χ0) is 15.9. The molecule has 0 unspecified atom stereocenters. The predicted molar refractivity (Wildman–Crippen MR) is 79.3 cm³/mol. The van der Waals surface area contributed by atoms with E-state index in [1.165, 1.54) is 18.2 Å². The van der Waals surface area contributed by atoms with Gasteiger partial charge in [-0.1, -0.05) is 11.6 Å². The Morgan fingerprint density at radius 3 is 2.59 bits per heavy atom. The van der Waals surface area contributed by atoms with Gasteiger partial charge in [0.15, 0.2) is 11.4 Å². The van der Waals surface area contributed by atoms with Crippen molar-refractivity contribution in [1.29, 1.82) is 0 Å². The second kappa shape index (κ2) is 5.19. The smallest absolute Gasteiger partial charge is 0.261 e. The van der Waals surface area contributed by atoms with Gasteiger partial charge in [-0.25, -0.2) is 4.39 Å². The van der Waals surface area contributed by atoms with Crippen molar-refractivity contribution in [3.63, 3.8) is 0 Å². The maximum atomic E-state index is 12.9. The van der Waals surface area contributed by atoms with Gasteiger partial charge in [-0.15, -0.1) is 0 Å². The lowest BCUT2D eigenvalue weighted by atomic mass is 9.88. The average Bonchev–Trinajstić information content (AvgIpc) is 2.71. The van der Waals surface area contributed by atoms with Crippen LogP contribution in [0, 0.1) is 5.82 Å². The molecular formula is C16H11ClFNO3. The maximum absolute atomic E-state index is 12.9. The second-order valence-corrected chi connectivity index (χ2v) is 5.55. The number of fused-ring (bicyclic) bond motifs is 1. The van der Waals surface area contributed by atoms with Crippen LogP contribution < -0.4 is 5.32 Å². The van der Waals surface area contributed by atoms with E-state index < -0.39 is 29.5 Å². The van der Waals surface area contributed by atoms with Crippen LogP contribution in [0.4, 0.5) is 10.1 Å². The monoisotopic (exact) mass is 319 g/mol. The normalized spacial score (nSPS) is 19.7. The first-order valence-electron chi connectivity index (χ1n) is 6.53. The largest absolute Gasteiger partial charge is 0.375 e. The Balaban J connectivity index is 1.94. The average molecular weight is 320 g/mol. The minimum atomic E-state index is -1.98. The lowest BCUT2D eigenvalue weighted by molar-refractivity contribution is -0.133. The molecule has 0 aliphatic carbocycles. The standard InChI is InChI=1S/C16H11ClFNO3/c17-10-3-6-13-12(7-10)16(22,15(21)19-13)8-14(20)9-1-4-11(18)5-2-9/h1-7,22H,8H2,(H,19,21)/t16-/m0/s1. The number of hydrogen-bond donors (Lipinski definition) is 2. The number of benzene rings is 2. The van der Waals surface area contributed by atoms with Gasteiger partial charge < -0.3 is 10.4 Å². The van der Waals surface area contributed by atoms with Crippen LogP contribution in [0.5, 0.6) is 0 Å². The van der Waals surface area contributed by atoms with E-state index in [1.54, 1.807) is 12.1 Å². The number of anilines is 1. The molecule has 1 aliphatic rings. The van der Waals surface area contributed by atoms with Gasteiger partial charge in [0, 0.05) is 21.8 Å². The van der Waals surface area contributed by atoms with E-state index >= 15 is 0 Å². The van der Waals surface area contributed by atoms with Crippen molar-refractivity contribution < 1.29 is 19.1 Å². The molecule has 0 spiro atoms. The first kappa shape index (κ1) is 14.7. The Labute approximate surface area is 130 Å². The van der Waals surface area contributed by atoms with Gasteiger partial charge in [-0.3, -0.25) is 9.59 Å². The summed E-state index contributed by atoms with van der Waals surface area (Å²) in [5, 5.41) is 13.5. The van der Waals surface area contributed by atoms with Crippen molar-refractivity contribution in [2.24, 2.45) is 0 Å². The number of carbonyl (C=O) groups excluding carboxylic acids is 2. The van der Waals surface area contributed by atoms with Crippen molar-refractivity contribution in [2.45, 2.75) is 12.0 Å². The van der Waals surface area contributed by atoms with Crippen LogP contribution in [0.2, 0.25) is 5.02 Å². The number of aliphatic hydroxyl groups is 1. The summed E-state index contributed by atoms with van der Waals surface area (Å²) in [4.78, 5) is 24.3. The molecule has 22 heavy (non-hydrogen) atoms. The number of Topliss-reactive ketones (excluding diaryl/α,β-unsaturated/α-hetero) is 1. The summed E-state index contributed by atoms with van der Waals surface area (Å²) < 4.78 is 12.9. The van der Waals surface area contributed by atoms with Gasteiger partial charge >= 0.3 is 0 Å². The van der Waals surface area contributed by atoms with Crippen LogP contribution in [0.3, 0.4) is 0 Å². The van der Waals surface area contributed by atoms with E-state index in [0.717, 1.165) is 12.1 Å². The molecule has 1 heterocycles. The Morgan fingerprint density at radius 1 is 1.23 bits per heavy atom. The van der Waals surface area contributed by atoms with E-state index in [-0.39, 0.29) is 11.1 Å².